The Hall–Kier alpha value is -3.06. The minimum absolute atomic E-state index is 0.0331. The molecule has 0 spiro atoms. The number of amides is 1. The smallest absolute Gasteiger partial charge is 0.243 e. The van der Waals surface area contributed by atoms with Gasteiger partial charge in [0.05, 0.1) is 27.7 Å². The van der Waals surface area contributed by atoms with Crippen molar-refractivity contribution in [3.8, 4) is 0 Å². The molecule has 3 atom stereocenters. The third-order valence-corrected chi connectivity index (χ3v) is 7.05. The van der Waals surface area contributed by atoms with Gasteiger partial charge in [0.15, 0.2) is 11.6 Å². The molecule has 3 heterocycles. The van der Waals surface area contributed by atoms with Gasteiger partial charge in [-0.1, -0.05) is 23.7 Å². The van der Waals surface area contributed by atoms with Crippen molar-refractivity contribution >= 4 is 40.1 Å². The Morgan fingerprint density at radius 1 is 1.18 bits per heavy atom. The number of aromatic nitrogens is 2. The summed E-state index contributed by atoms with van der Waals surface area (Å²) in [7, 11) is 0. The zero-order valence-electron chi connectivity index (χ0n) is 18.1. The fourth-order valence-corrected chi connectivity index (χ4v) is 5.20. The van der Waals surface area contributed by atoms with Gasteiger partial charge < -0.3 is 9.47 Å². The molecule has 2 fully saturated rings. The molecule has 0 N–H and O–H groups in total. The van der Waals surface area contributed by atoms with Crippen LogP contribution in [0.25, 0.3) is 11.0 Å². The van der Waals surface area contributed by atoms with E-state index >= 15 is 0 Å². The summed E-state index contributed by atoms with van der Waals surface area (Å²) in [6, 6.07) is 7.96. The summed E-state index contributed by atoms with van der Waals surface area (Å²) < 4.78 is 15.9. The number of carbonyl (C=O) groups is 3. The number of halogens is 2. The molecule has 33 heavy (non-hydrogen) atoms. The van der Waals surface area contributed by atoms with Crippen LogP contribution in [0.4, 0.5) is 4.39 Å². The summed E-state index contributed by atoms with van der Waals surface area (Å²) in [6.07, 6.45) is 5.24. The average molecular weight is 468 g/mol. The minimum Gasteiger partial charge on any atom is -0.336 e. The number of pyridine rings is 1. The van der Waals surface area contributed by atoms with E-state index in [9.17, 15) is 18.8 Å². The minimum atomic E-state index is -0.497. The Kier molecular flexibility index (Phi) is 5.52. The highest BCUT2D eigenvalue weighted by atomic mass is 35.5. The molecule has 0 radical (unpaired) electrons. The first-order chi connectivity index (χ1) is 15.8. The fourth-order valence-electron chi connectivity index (χ4n) is 5.01. The van der Waals surface area contributed by atoms with Crippen molar-refractivity contribution in [2.75, 3.05) is 0 Å². The maximum Gasteiger partial charge on any atom is 0.243 e. The Morgan fingerprint density at radius 3 is 2.79 bits per heavy atom. The van der Waals surface area contributed by atoms with Crippen LogP contribution in [0.2, 0.25) is 5.02 Å². The van der Waals surface area contributed by atoms with Gasteiger partial charge in [0.2, 0.25) is 5.91 Å². The molecule has 3 aromatic rings. The van der Waals surface area contributed by atoms with Crippen LogP contribution in [0.1, 0.15) is 42.1 Å². The number of hydrogen-bond donors (Lipinski definition) is 0. The second kappa shape index (κ2) is 8.37. The molecule has 1 aliphatic carbocycles. The predicted molar refractivity (Wildman–Crippen MR) is 122 cm³/mol. The first kappa shape index (κ1) is 21.8. The number of ketones is 2. The number of aryl methyl sites for hydroxylation is 1. The third kappa shape index (κ3) is 3.95. The van der Waals surface area contributed by atoms with Crippen LogP contribution in [0.15, 0.2) is 42.7 Å². The summed E-state index contributed by atoms with van der Waals surface area (Å²) in [6.45, 7) is 1.51. The molecular formula is C25H23ClFN3O3. The van der Waals surface area contributed by atoms with Gasteiger partial charge in [-0.05, 0) is 55.9 Å². The van der Waals surface area contributed by atoms with Crippen molar-refractivity contribution in [3.63, 3.8) is 0 Å². The van der Waals surface area contributed by atoms with E-state index in [0.717, 1.165) is 6.42 Å². The summed E-state index contributed by atoms with van der Waals surface area (Å²) in [5.41, 5.74) is 2.15. The predicted octanol–water partition coefficient (Wildman–Crippen LogP) is 4.22. The van der Waals surface area contributed by atoms with Crippen LogP contribution in [0, 0.1) is 11.7 Å². The van der Waals surface area contributed by atoms with E-state index < -0.39 is 11.9 Å². The maximum atomic E-state index is 14.2. The summed E-state index contributed by atoms with van der Waals surface area (Å²) in [5.74, 6) is -0.471. The number of piperidine rings is 1. The maximum absolute atomic E-state index is 14.2. The van der Waals surface area contributed by atoms with E-state index in [1.165, 1.54) is 13.0 Å². The number of rotatable bonds is 7. The normalized spacial score (nSPS) is 21.3. The van der Waals surface area contributed by atoms with Crippen molar-refractivity contribution in [2.45, 2.75) is 51.2 Å². The summed E-state index contributed by atoms with van der Waals surface area (Å²) in [4.78, 5) is 44.4. The Balaban J connectivity index is 1.33. The van der Waals surface area contributed by atoms with Gasteiger partial charge >= 0.3 is 0 Å². The second-order valence-electron chi connectivity index (χ2n) is 8.89. The molecule has 1 aromatic carbocycles. The van der Waals surface area contributed by atoms with Crippen LogP contribution in [0.5, 0.6) is 0 Å². The van der Waals surface area contributed by atoms with Gasteiger partial charge in [-0.3, -0.25) is 19.4 Å². The third-order valence-electron chi connectivity index (χ3n) is 6.76. The highest BCUT2D eigenvalue weighted by Gasteiger charge is 2.55. The Labute approximate surface area is 195 Å². The lowest BCUT2D eigenvalue weighted by Crippen LogP contribution is -2.44. The van der Waals surface area contributed by atoms with Crippen molar-refractivity contribution in [1.29, 1.82) is 0 Å². The number of benzene rings is 1. The lowest BCUT2D eigenvalue weighted by atomic mass is 10.00. The fraction of sp³-hybridized carbons (Fsp3) is 0.360. The number of fused-ring (bicyclic) bond motifs is 2. The molecule has 0 unspecified atom stereocenters. The highest BCUT2D eigenvalue weighted by molar-refractivity contribution is 6.30. The monoisotopic (exact) mass is 467 g/mol. The number of carbonyl (C=O) groups excluding carboxylic acids is 3. The molecule has 8 heteroatoms. The Morgan fingerprint density at radius 2 is 2.00 bits per heavy atom. The lowest BCUT2D eigenvalue weighted by molar-refractivity contribution is -0.139. The second-order valence-corrected chi connectivity index (χ2v) is 9.30. The molecule has 1 aliphatic heterocycles. The number of nitrogens with zero attached hydrogens (tertiary/aromatic N) is 3. The topological polar surface area (TPSA) is 72.3 Å². The van der Waals surface area contributed by atoms with E-state index in [2.05, 4.69) is 4.98 Å². The quantitative estimate of drug-likeness (QED) is 0.488. The summed E-state index contributed by atoms with van der Waals surface area (Å²) >= 11 is 5.84. The molecule has 1 saturated heterocycles. The van der Waals surface area contributed by atoms with E-state index in [-0.39, 0.29) is 47.9 Å². The zero-order valence-corrected chi connectivity index (χ0v) is 18.9. The van der Waals surface area contributed by atoms with Crippen molar-refractivity contribution in [2.24, 2.45) is 5.92 Å². The standard InChI is InChI=1S/C25H23ClFN3O3/c1-14(31)17-12-29(19-6-3-9-28-25(17)19)13-23(33)30-20-10-16(20)11-21(30)22(32)8-7-15-4-2-5-18(26)24(15)27/h2-6,9,12,16,20-21H,7-8,10-11,13H2,1H3/t16-,20-,21+/m1/s1. The lowest BCUT2D eigenvalue weighted by Gasteiger charge is -2.27. The van der Waals surface area contributed by atoms with Crippen molar-refractivity contribution in [1.82, 2.24) is 14.5 Å². The van der Waals surface area contributed by atoms with Crippen LogP contribution in [0.3, 0.4) is 0 Å². The average Bonchev–Trinajstić information content (AvgIpc) is 3.30. The van der Waals surface area contributed by atoms with Gasteiger partial charge in [0.1, 0.15) is 12.4 Å². The molecule has 170 valence electrons. The van der Waals surface area contributed by atoms with Gasteiger partial charge in [-0.15, -0.1) is 0 Å². The van der Waals surface area contributed by atoms with Crippen molar-refractivity contribution in [3.05, 3.63) is 64.7 Å². The van der Waals surface area contributed by atoms with Gasteiger partial charge in [0, 0.05) is 24.9 Å². The van der Waals surface area contributed by atoms with Gasteiger partial charge in [-0.25, -0.2) is 4.39 Å². The molecular weight excluding hydrogens is 445 g/mol. The molecule has 1 saturated carbocycles. The number of hydrogen-bond acceptors (Lipinski definition) is 4. The van der Waals surface area contributed by atoms with E-state index in [1.54, 1.807) is 40.1 Å². The number of likely N-dealkylation sites (tertiary alicyclic amines) is 1. The molecule has 0 bridgehead atoms. The SMILES string of the molecule is CC(=O)c1cn(CC(=O)N2[C@@H]3C[C@@H]3C[C@H]2C(=O)CCc2cccc(Cl)c2F)c2cccnc12. The first-order valence-corrected chi connectivity index (χ1v) is 11.4. The Bertz CT molecular complexity index is 1290. The zero-order chi connectivity index (χ0) is 23.3. The van der Waals surface area contributed by atoms with E-state index in [4.69, 9.17) is 11.6 Å². The van der Waals surface area contributed by atoms with E-state index in [1.807, 2.05) is 6.07 Å². The van der Waals surface area contributed by atoms with E-state index in [0.29, 0.717) is 34.5 Å². The largest absolute Gasteiger partial charge is 0.336 e. The summed E-state index contributed by atoms with van der Waals surface area (Å²) in [5, 5.41) is 0.0391. The van der Waals surface area contributed by atoms with Crippen LogP contribution < -0.4 is 0 Å². The van der Waals surface area contributed by atoms with Crippen LogP contribution in [-0.2, 0) is 22.6 Å². The first-order valence-electron chi connectivity index (χ1n) is 11.1. The molecule has 2 aliphatic rings. The molecule has 6 nitrogen and oxygen atoms in total. The van der Waals surface area contributed by atoms with Crippen molar-refractivity contribution < 1.29 is 18.8 Å². The molecule has 5 rings (SSSR count). The van der Waals surface area contributed by atoms with Crippen LogP contribution >= 0.6 is 11.6 Å². The van der Waals surface area contributed by atoms with Gasteiger partial charge in [0.25, 0.3) is 0 Å². The number of Topliss-reactive ketones (excluding diaryl/α,β-unsaturated/α-hetero) is 2. The molecule has 1 amide bonds. The van der Waals surface area contributed by atoms with Crippen LogP contribution in [-0.4, -0.2) is 44.0 Å². The highest BCUT2D eigenvalue weighted by Crippen LogP contribution is 2.48. The van der Waals surface area contributed by atoms with Gasteiger partial charge in [-0.2, -0.15) is 0 Å². The molecule has 2 aromatic heterocycles.